The molecule has 3 nitrogen and oxygen atoms in total. The number of benzene rings is 1. The monoisotopic (exact) mass is 368 g/mol. The molecule has 2 rings (SSSR count). The molecule has 0 aliphatic heterocycles. The number of hydrogen-bond acceptors (Lipinski definition) is 1. The molecule has 0 bridgehead atoms. The second kappa shape index (κ2) is 8.87. The summed E-state index contributed by atoms with van der Waals surface area (Å²) in [6.45, 7) is 6.38. The van der Waals surface area contributed by atoms with Crippen molar-refractivity contribution >= 4 is 7.14 Å². The van der Waals surface area contributed by atoms with E-state index in [9.17, 15) is 4.57 Å². The fourth-order valence-corrected chi connectivity index (χ4v) is 5.71. The van der Waals surface area contributed by atoms with Gasteiger partial charge in [-0.15, -0.1) is 0 Å². The Hall–Kier alpha value is -1.05. The average Bonchev–Trinajstić information content (AvgIpc) is 2.89. The van der Waals surface area contributed by atoms with Crippen LogP contribution in [0.2, 0.25) is 0 Å². The van der Waals surface area contributed by atoms with Gasteiger partial charge >= 0.3 is 0 Å². The van der Waals surface area contributed by atoms with Gasteiger partial charge in [-0.25, -0.2) is 9.55 Å². The highest BCUT2D eigenvalue weighted by atomic mass is 35.5. The minimum Gasteiger partial charge on any atom is -1.00 e. The molecule has 134 valence electrons. The topological polar surface area (TPSA) is 36.7 Å². The Morgan fingerprint density at radius 3 is 2.33 bits per heavy atom. The van der Waals surface area contributed by atoms with Crippen molar-refractivity contribution in [2.45, 2.75) is 51.4 Å². The summed E-state index contributed by atoms with van der Waals surface area (Å²) < 4.78 is 15.7. The second-order valence-corrected chi connectivity index (χ2v) is 11.3. The van der Waals surface area contributed by atoms with Crippen LogP contribution in [0.1, 0.15) is 45.0 Å². The van der Waals surface area contributed by atoms with Gasteiger partial charge in [0.05, 0.1) is 14.2 Å². The molecule has 1 unspecified atom stereocenters. The highest BCUT2D eigenvalue weighted by Crippen LogP contribution is 2.60. The highest BCUT2D eigenvalue weighted by molar-refractivity contribution is 7.64. The third-order valence-corrected chi connectivity index (χ3v) is 9.02. The van der Waals surface area contributed by atoms with Crippen LogP contribution in [0, 0.1) is 0 Å². The van der Waals surface area contributed by atoms with Gasteiger partial charge in [0, 0.05) is 23.9 Å². The van der Waals surface area contributed by atoms with Gasteiger partial charge in [-0.1, -0.05) is 51.1 Å². The second-order valence-electron chi connectivity index (χ2n) is 7.40. The van der Waals surface area contributed by atoms with E-state index >= 15 is 0 Å². The maximum Gasteiger partial charge on any atom is 0.253 e. The zero-order valence-electron chi connectivity index (χ0n) is 15.3. The lowest BCUT2D eigenvalue weighted by Gasteiger charge is -2.31. The van der Waals surface area contributed by atoms with Crippen molar-refractivity contribution < 1.29 is 21.5 Å². The van der Waals surface area contributed by atoms with Crippen molar-refractivity contribution in [3.8, 4) is 0 Å². The fraction of sp³-hybridized carbons (Fsp3) is 0.526. The predicted molar refractivity (Wildman–Crippen MR) is 97.3 cm³/mol. The molecule has 0 radical (unpaired) electrons. The van der Waals surface area contributed by atoms with Gasteiger partial charge in [0.1, 0.15) is 12.4 Å². The lowest BCUT2D eigenvalue weighted by atomic mass is 10.2. The van der Waals surface area contributed by atoms with Gasteiger partial charge in [0.2, 0.25) is 0 Å². The number of H-pyrrole nitrogens is 1. The molecule has 24 heavy (non-hydrogen) atoms. The molecule has 1 aromatic heterocycles. The molecule has 1 heterocycles. The first kappa shape index (κ1) is 21.0. The van der Waals surface area contributed by atoms with Crippen LogP contribution in [0.15, 0.2) is 42.7 Å². The van der Waals surface area contributed by atoms with Gasteiger partial charge in [0.25, 0.3) is 5.82 Å². The first-order valence-electron chi connectivity index (χ1n) is 8.46. The summed E-state index contributed by atoms with van der Waals surface area (Å²) in [6.07, 6.45) is 8.64. The molecule has 1 aromatic carbocycles. The molecule has 2 aromatic rings. The zero-order valence-corrected chi connectivity index (χ0v) is 16.9. The van der Waals surface area contributed by atoms with E-state index in [0.29, 0.717) is 6.16 Å². The summed E-state index contributed by atoms with van der Waals surface area (Å²) in [5.41, 5.74) is 1.20. The smallest absolute Gasteiger partial charge is 0.253 e. The number of rotatable bonds is 7. The van der Waals surface area contributed by atoms with Crippen molar-refractivity contribution in [1.29, 1.82) is 0 Å². The van der Waals surface area contributed by atoms with E-state index in [2.05, 4.69) is 49.5 Å². The predicted octanol–water partition coefficient (Wildman–Crippen LogP) is 1.53. The molecule has 0 fully saturated rings. The Labute approximate surface area is 152 Å². The van der Waals surface area contributed by atoms with Gasteiger partial charge in [0.15, 0.2) is 0 Å². The lowest BCUT2D eigenvalue weighted by molar-refractivity contribution is -0.677. The molecule has 0 spiro atoms. The van der Waals surface area contributed by atoms with Crippen LogP contribution < -0.4 is 17.0 Å². The molecule has 0 aliphatic carbocycles. The first-order valence-corrected chi connectivity index (χ1v) is 10.5. The van der Waals surface area contributed by atoms with E-state index in [1.807, 2.05) is 30.6 Å². The molecule has 0 aliphatic rings. The number of imidazole rings is 1. The molecule has 1 atom stereocenters. The number of nitrogens with zero attached hydrogens (tertiary/aromatic N) is 1. The summed E-state index contributed by atoms with van der Waals surface area (Å²) in [4.78, 5) is 3.27. The van der Waals surface area contributed by atoms with Crippen molar-refractivity contribution in [2.75, 3.05) is 6.16 Å². The Balaban J connectivity index is 0.00000288. The summed E-state index contributed by atoms with van der Waals surface area (Å²) in [5, 5.41) is -0.139. The maximum absolute atomic E-state index is 13.6. The summed E-state index contributed by atoms with van der Waals surface area (Å²) >= 11 is 0. The Morgan fingerprint density at radius 1 is 1.12 bits per heavy atom. The standard InChI is InChI=1S/C19H29N2OP.ClH/c1-19(2,3)23(22,16-17-10-6-5-7-11-17)15-9-8-12-18-20-13-14-21(18)4;/h5-7,10-11,13-14H,8-9,12,15-16H2,1-4H3;1H. The third-order valence-electron chi connectivity index (χ3n) is 4.66. The quantitative estimate of drug-likeness (QED) is 0.449. The van der Waals surface area contributed by atoms with Crippen molar-refractivity contribution in [1.82, 2.24) is 4.98 Å². The van der Waals surface area contributed by atoms with Crippen LogP contribution in [0.25, 0.3) is 0 Å². The van der Waals surface area contributed by atoms with E-state index < -0.39 is 7.14 Å². The van der Waals surface area contributed by atoms with Gasteiger partial charge in [-0.2, -0.15) is 0 Å². The van der Waals surface area contributed by atoms with Crippen LogP contribution in [-0.4, -0.2) is 16.3 Å². The van der Waals surface area contributed by atoms with Crippen molar-refractivity contribution in [3.05, 3.63) is 54.1 Å². The minimum absolute atomic E-state index is 0. The number of halogens is 1. The molecular weight excluding hydrogens is 339 g/mol. The van der Waals surface area contributed by atoms with E-state index in [0.717, 1.165) is 25.4 Å². The molecular formula is C19H30ClN2OP. The van der Waals surface area contributed by atoms with Gasteiger partial charge in [-0.3, -0.25) is 0 Å². The minimum atomic E-state index is -2.26. The molecule has 0 saturated heterocycles. The maximum atomic E-state index is 13.6. The number of nitrogens with one attached hydrogen (secondary N) is 1. The van der Waals surface area contributed by atoms with E-state index in [1.54, 1.807) is 0 Å². The normalized spacial score (nSPS) is 14.0. The Morgan fingerprint density at radius 2 is 1.79 bits per heavy atom. The highest BCUT2D eigenvalue weighted by Gasteiger charge is 2.35. The van der Waals surface area contributed by atoms with Crippen LogP contribution in [0.4, 0.5) is 0 Å². The number of aryl methyl sites for hydroxylation is 2. The molecule has 5 heteroatoms. The molecule has 0 amide bonds. The number of aromatic amines is 1. The van der Waals surface area contributed by atoms with E-state index in [-0.39, 0.29) is 17.6 Å². The van der Waals surface area contributed by atoms with Crippen LogP contribution in [0.5, 0.6) is 0 Å². The Bertz CT molecular complexity index is 662. The lowest BCUT2D eigenvalue weighted by Crippen LogP contribution is -3.00. The summed E-state index contributed by atoms with van der Waals surface area (Å²) in [7, 11) is -0.204. The largest absolute Gasteiger partial charge is 1.00 e. The fourth-order valence-electron chi connectivity index (χ4n) is 2.88. The van der Waals surface area contributed by atoms with E-state index in [1.165, 1.54) is 11.4 Å². The molecule has 0 saturated carbocycles. The van der Waals surface area contributed by atoms with Gasteiger partial charge in [-0.05, 0) is 18.4 Å². The van der Waals surface area contributed by atoms with Crippen molar-refractivity contribution in [3.63, 3.8) is 0 Å². The average molecular weight is 369 g/mol. The number of aromatic nitrogens is 2. The van der Waals surface area contributed by atoms with Crippen LogP contribution in [-0.2, 0) is 24.2 Å². The first-order chi connectivity index (χ1) is 10.8. The van der Waals surface area contributed by atoms with Crippen molar-refractivity contribution in [2.24, 2.45) is 7.05 Å². The number of hydrogen-bond donors (Lipinski definition) is 1. The SMILES string of the molecule is C[n+]1cc[nH]c1CCCCP(=O)(Cc1ccccc1)C(C)(C)C.[Cl-]. The van der Waals surface area contributed by atoms with Crippen LogP contribution in [0.3, 0.4) is 0 Å². The van der Waals surface area contributed by atoms with E-state index in [4.69, 9.17) is 0 Å². The zero-order chi connectivity index (χ0) is 16.9. The number of unbranched alkanes of at least 4 members (excludes halogenated alkanes) is 1. The van der Waals surface area contributed by atoms with Gasteiger partial charge < -0.3 is 17.0 Å². The summed E-state index contributed by atoms with van der Waals surface area (Å²) in [6, 6.07) is 10.3. The third kappa shape index (κ3) is 5.50. The molecule has 1 N–H and O–H groups in total. The van der Waals surface area contributed by atoms with Crippen LogP contribution >= 0.6 is 7.14 Å². The summed E-state index contributed by atoms with van der Waals surface area (Å²) in [5.74, 6) is 1.23. The Kier molecular flexibility index (Phi) is 7.76.